The predicted molar refractivity (Wildman–Crippen MR) is 143 cm³/mol. The molecule has 0 bridgehead atoms. The van der Waals surface area contributed by atoms with Crippen molar-refractivity contribution in [2.75, 3.05) is 6.61 Å². The minimum Gasteiger partial charge on any atom is -0.477 e. The molecule has 1 heterocycles. The lowest BCUT2D eigenvalue weighted by Gasteiger charge is -2.16. The van der Waals surface area contributed by atoms with Crippen molar-refractivity contribution in [3.63, 3.8) is 0 Å². The third kappa shape index (κ3) is 7.19. The molecule has 1 fully saturated rings. The van der Waals surface area contributed by atoms with E-state index in [0.29, 0.717) is 39.7 Å². The summed E-state index contributed by atoms with van der Waals surface area (Å²) in [5, 5.41) is 2.20. The SMILES string of the molecule is CCCCCCCCCCCCOC1=C(C(=S)c2ccc(Cl)c(Cl)c2C)C(C2CC2)ON1C=O. The molecule has 1 saturated carbocycles. The van der Waals surface area contributed by atoms with E-state index >= 15 is 0 Å². The van der Waals surface area contributed by atoms with Crippen molar-refractivity contribution in [3.05, 3.63) is 44.8 Å². The second-order valence-electron chi connectivity index (χ2n) is 9.41. The Morgan fingerprint density at radius 3 is 2.29 bits per heavy atom. The van der Waals surface area contributed by atoms with Crippen molar-refractivity contribution in [1.82, 2.24) is 5.06 Å². The first-order valence-electron chi connectivity index (χ1n) is 12.8. The average molecular weight is 527 g/mol. The number of rotatable bonds is 16. The molecule has 1 unspecified atom stereocenters. The highest BCUT2D eigenvalue weighted by atomic mass is 35.5. The van der Waals surface area contributed by atoms with Gasteiger partial charge < -0.3 is 4.74 Å². The second-order valence-corrected chi connectivity index (χ2v) is 10.6. The first-order valence-corrected chi connectivity index (χ1v) is 13.9. The number of carbonyl (C=O) groups excluding carboxylic acids is 1. The van der Waals surface area contributed by atoms with Crippen LogP contribution in [0.5, 0.6) is 0 Å². The summed E-state index contributed by atoms with van der Waals surface area (Å²) >= 11 is 18.5. The predicted octanol–water partition coefficient (Wildman–Crippen LogP) is 8.35. The first kappa shape index (κ1) is 27.4. The van der Waals surface area contributed by atoms with Gasteiger partial charge in [-0.05, 0) is 49.3 Å². The van der Waals surface area contributed by atoms with E-state index in [0.717, 1.165) is 42.4 Å². The zero-order valence-corrected chi connectivity index (χ0v) is 22.7. The molecule has 4 nitrogen and oxygen atoms in total. The molecule has 0 saturated heterocycles. The van der Waals surface area contributed by atoms with Crippen molar-refractivity contribution in [3.8, 4) is 0 Å². The van der Waals surface area contributed by atoms with Gasteiger partial charge in [0.15, 0.2) is 0 Å². The summed E-state index contributed by atoms with van der Waals surface area (Å²) in [6.45, 7) is 4.69. The molecular formula is C27H37Cl2NO3S. The van der Waals surface area contributed by atoms with Gasteiger partial charge in [-0.15, -0.1) is 0 Å². The highest BCUT2D eigenvalue weighted by Gasteiger charge is 2.46. The molecule has 1 aromatic rings. The number of unbranched alkanes of at least 4 members (excludes halogenated alkanes) is 9. The fourth-order valence-electron chi connectivity index (χ4n) is 4.43. The van der Waals surface area contributed by atoms with E-state index in [1.807, 2.05) is 13.0 Å². The molecule has 1 aliphatic carbocycles. The van der Waals surface area contributed by atoms with Crippen LogP contribution in [0.1, 0.15) is 95.1 Å². The van der Waals surface area contributed by atoms with Gasteiger partial charge in [0.25, 0.3) is 0 Å². The van der Waals surface area contributed by atoms with Gasteiger partial charge in [-0.1, -0.05) is 106 Å². The molecule has 0 N–H and O–H groups in total. The molecule has 3 rings (SSSR count). The smallest absolute Gasteiger partial charge is 0.240 e. The maximum Gasteiger partial charge on any atom is 0.240 e. The minimum absolute atomic E-state index is 0.269. The Balaban J connectivity index is 1.60. The minimum atomic E-state index is -0.269. The molecule has 0 radical (unpaired) electrons. The Morgan fingerprint density at radius 2 is 1.71 bits per heavy atom. The summed E-state index contributed by atoms with van der Waals surface area (Å²) in [7, 11) is 0. The lowest BCUT2D eigenvalue weighted by Crippen LogP contribution is -2.22. The lowest BCUT2D eigenvalue weighted by atomic mass is 9.95. The van der Waals surface area contributed by atoms with Gasteiger partial charge in [-0.3, -0.25) is 9.63 Å². The van der Waals surface area contributed by atoms with Crippen molar-refractivity contribution in [2.45, 2.75) is 97.0 Å². The number of thiocarbonyl (C=S) groups is 1. The summed E-state index contributed by atoms with van der Waals surface area (Å²) in [6, 6.07) is 3.63. The van der Waals surface area contributed by atoms with E-state index in [4.69, 9.17) is 45.0 Å². The Morgan fingerprint density at radius 1 is 1.09 bits per heavy atom. The molecule has 1 aromatic carbocycles. The van der Waals surface area contributed by atoms with Gasteiger partial charge in [0.2, 0.25) is 12.3 Å². The molecule has 1 atom stereocenters. The van der Waals surface area contributed by atoms with E-state index in [2.05, 4.69) is 6.92 Å². The van der Waals surface area contributed by atoms with Crippen LogP contribution in [0, 0.1) is 12.8 Å². The van der Waals surface area contributed by atoms with E-state index in [9.17, 15) is 4.79 Å². The molecule has 2 aliphatic rings. The van der Waals surface area contributed by atoms with Crippen LogP contribution in [-0.2, 0) is 14.4 Å². The highest BCUT2D eigenvalue weighted by molar-refractivity contribution is 7.81. The summed E-state index contributed by atoms with van der Waals surface area (Å²) in [5.41, 5.74) is 2.42. The summed E-state index contributed by atoms with van der Waals surface area (Å²) < 4.78 is 6.14. The van der Waals surface area contributed by atoms with Crippen LogP contribution in [0.25, 0.3) is 0 Å². The number of hydrogen-bond donors (Lipinski definition) is 0. The van der Waals surface area contributed by atoms with Gasteiger partial charge in [-0.25, -0.2) is 0 Å². The maximum absolute atomic E-state index is 11.8. The van der Waals surface area contributed by atoms with Crippen LogP contribution in [-0.4, -0.2) is 29.0 Å². The second kappa shape index (κ2) is 13.8. The molecule has 34 heavy (non-hydrogen) atoms. The highest BCUT2D eigenvalue weighted by Crippen LogP contribution is 2.44. The Labute approximate surface area is 219 Å². The average Bonchev–Trinajstić information content (AvgIpc) is 3.61. The van der Waals surface area contributed by atoms with Gasteiger partial charge in [0.05, 0.1) is 27.1 Å². The Bertz CT molecular complexity index is 885. The normalized spacial score (nSPS) is 18.0. The fraction of sp³-hybridized carbons (Fsp3) is 0.630. The summed E-state index contributed by atoms with van der Waals surface area (Å²) in [6.07, 6.45) is 15.1. The van der Waals surface area contributed by atoms with Crippen molar-refractivity contribution in [1.29, 1.82) is 0 Å². The molecule has 188 valence electrons. The Kier molecular flexibility index (Phi) is 11.2. The number of nitrogens with zero attached hydrogens (tertiary/aromatic N) is 1. The van der Waals surface area contributed by atoms with Crippen LogP contribution in [0.15, 0.2) is 23.6 Å². The van der Waals surface area contributed by atoms with Crippen molar-refractivity contribution < 1.29 is 14.4 Å². The van der Waals surface area contributed by atoms with Crippen LogP contribution in [0.3, 0.4) is 0 Å². The number of amides is 1. The van der Waals surface area contributed by atoms with Crippen LogP contribution in [0.4, 0.5) is 0 Å². The van der Waals surface area contributed by atoms with E-state index in [-0.39, 0.29) is 6.10 Å². The van der Waals surface area contributed by atoms with E-state index in [1.54, 1.807) is 6.07 Å². The van der Waals surface area contributed by atoms with Crippen LogP contribution >= 0.6 is 35.4 Å². The number of hydrogen-bond acceptors (Lipinski definition) is 4. The molecular weight excluding hydrogens is 489 g/mol. The van der Waals surface area contributed by atoms with Crippen molar-refractivity contribution >= 4 is 46.7 Å². The number of hydroxylamine groups is 2. The van der Waals surface area contributed by atoms with Gasteiger partial charge in [0, 0.05) is 0 Å². The summed E-state index contributed by atoms with van der Waals surface area (Å²) in [5.74, 6) is 0.773. The Hall–Kier alpha value is -1.14. The molecule has 0 aromatic heterocycles. The van der Waals surface area contributed by atoms with Gasteiger partial charge >= 0.3 is 0 Å². The van der Waals surface area contributed by atoms with Gasteiger partial charge in [0.1, 0.15) is 6.10 Å². The maximum atomic E-state index is 11.8. The van der Waals surface area contributed by atoms with E-state index < -0.39 is 0 Å². The monoisotopic (exact) mass is 525 g/mol. The van der Waals surface area contributed by atoms with Crippen LogP contribution in [0.2, 0.25) is 10.0 Å². The third-order valence-electron chi connectivity index (χ3n) is 6.65. The van der Waals surface area contributed by atoms with E-state index in [1.165, 1.54) is 56.4 Å². The third-order valence-corrected chi connectivity index (χ3v) is 7.99. The number of ether oxygens (including phenoxy) is 1. The lowest BCUT2D eigenvalue weighted by molar-refractivity contribution is -0.176. The van der Waals surface area contributed by atoms with Gasteiger partial charge in [-0.2, -0.15) is 5.06 Å². The zero-order valence-electron chi connectivity index (χ0n) is 20.4. The number of halogens is 2. The zero-order chi connectivity index (χ0) is 24.5. The molecule has 1 aliphatic heterocycles. The largest absolute Gasteiger partial charge is 0.477 e. The van der Waals surface area contributed by atoms with Crippen LogP contribution < -0.4 is 0 Å². The first-order chi connectivity index (χ1) is 16.5. The quantitative estimate of drug-likeness (QED) is 0.0939. The topological polar surface area (TPSA) is 38.8 Å². The number of carbonyl (C=O) groups is 1. The molecule has 7 heteroatoms. The number of benzene rings is 1. The fourth-order valence-corrected chi connectivity index (χ4v) is 5.22. The molecule has 1 amide bonds. The standard InChI is InChI=1S/C27H37Cl2NO3S/c1-3-4-5-6-7-8-9-10-11-12-17-32-27-23(25(20-13-14-20)33-30(27)18-31)26(34)21-15-16-22(28)24(29)19(21)2/h15-16,18,20,25H,3-14,17H2,1-2H3. The summed E-state index contributed by atoms with van der Waals surface area (Å²) in [4.78, 5) is 18.4. The molecule has 0 spiro atoms. The van der Waals surface area contributed by atoms with Crippen molar-refractivity contribution in [2.24, 2.45) is 5.92 Å².